The predicted molar refractivity (Wildman–Crippen MR) is 70.0 cm³/mol. The van der Waals surface area contributed by atoms with Gasteiger partial charge in [0.1, 0.15) is 6.61 Å². The molecule has 3 nitrogen and oxygen atoms in total. The molecule has 1 aromatic rings. The van der Waals surface area contributed by atoms with Gasteiger partial charge >= 0.3 is 0 Å². The molecular formula is C15H19FO3. The fourth-order valence-electron chi connectivity index (χ4n) is 2.08. The van der Waals surface area contributed by atoms with Crippen LogP contribution < -0.4 is 4.74 Å². The highest BCUT2D eigenvalue weighted by molar-refractivity contribution is 5.98. The van der Waals surface area contributed by atoms with E-state index in [4.69, 9.17) is 9.47 Å². The number of carbonyl (C=O) groups is 1. The average molecular weight is 266 g/mol. The number of halogens is 1. The monoisotopic (exact) mass is 266 g/mol. The first-order valence-corrected chi connectivity index (χ1v) is 6.59. The third kappa shape index (κ3) is 3.53. The maximum atomic E-state index is 13.8. The Morgan fingerprint density at radius 2 is 2.16 bits per heavy atom. The Bertz CT molecular complexity index is 455. The van der Waals surface area contributed by atoms with Gasteiger partial charge < -0.3 is 9.47 Å². The summed E-state index contributed by atoms with van der Waals surface area (Å²) in [6.07, 6.45) is 2.21. The molecule has 0 amide bonds. The molecule has 0 spiro atoms. The maximum Gasteiger partial charge on any atom is 0.166 e. The molecule has 0 radical (unpaired) electrons. The smallest absolute Gasteiger partial charge is 0.166 e. The zero-order chi connectivity index (χ0) is 13.8. The fourth-order valence-corrected chi connectivity index (χ4v) is 2.08. The van der Waals surface area contributed by atoms with Crippen molar-refractivity contribution in [2.75, 3.05) is 20.3 Å². The summed E-state index contributed by atoms with van der Waals surface area (Å²) in [7, 11) is 1.56. The molecule has 0 saturated heterocycles. The van der Waals surface area contributed by atoms with E-state index in [9.17, 15) is 9.18 Å². The van der Waals surface area contributed by atoms with Crippen LogP contribution in [0, 0.1) is 17.7 Å². The summed E-state index contributed by atoms with van der Waals surface area (Å²) in [6.45, 7) is 2.61. The van der Waals surface area contributed by atoms with Crippen LogP contribution in [0.1, 0.15) is 30.1 Å². The van der Waals surface area contributed by atoms with Crippen LogP contribution >= 0.6 is 0 Å². The number of hydrogen-bond donors (Lipinski definition) is 0. The molecule has 1 saturated carbocycles. The summed E-state index contributed by atoms with van der Waals surface area (Å²) < 4.78 is 23.8. The van der Waals surface area contributed by atoms with Crippen molar-refractivity contribution in [3.05, 3.63) is 29.6 Å². The van der Waals surface area contributed by atoms with Gasteiger partial charge in [-0.25, -0.2) is 4.39 Å². The van der Waals surface area contributed by atoms with Gasteiger partial charge in [0.15, 0.2) is 17.3 Å². The molecule has 2 rings (SSSR count). The van der Waals surface area contributed by atoms with Crippen molar-refractivity contribution in [2.45, 2.75) is 19.8 Å². The number of methoxy groups -OCH3 is 1. The van der Waals surface area contributed by atoms with E-state index in [2.05, 4.69) is 0 Å². The quantitative estimate of drug-likeness (QED) is 0.562. The third-order valence-corrected chi connectivity index (χ3v) is 3.50. The average Bonchev–Trinajstić information content (AvgIpc) is 3.23. The maximum absolute atomic E-state index is 13.8. The van der Waals surface area contributed by atoms with E-state index in [1.54, 1.807) is 13.2 Å². The minimum atomic E-state index is -0.495. The lowest BCUT2D eigenvalue weighted by molar-refractivity contribution is 0.0915. The summed E-state index contributed by atoms with van der Waals surface area (Å²) >= 11 is 0. The van der Waals surface area contributed by atoms with Crippen molar-refractivity contribution in [1.29, 1.82) is 0 Å². The Balaban J connectivity index is 2.03. The van der Waals surface area contributed by atoms with E-state index in [1.165, 1.54) is 12.1 Å². The van der Waals surface area contributed by atoms with Gasteiger partial charge in [0, 0.05) is 18.6 Å². The van der Waals surface area contributed by atoms with Crippen LogP contribution in [0.25, 0.3) is 0 Å². The minimum absolute atomic E-state index is 0.0142. The lowest BCUT2D eigenvalue weighted by atomic mass is 9.95. The van der Waals surface area contributed by atoms with Crippen molar-refractivity contribution >= 4 is 5.78 Å². The number of carbonyl (C=O) groups excluding carboxylic acids is 1. The third-order valence-electron chi connectivity index (χ3n) is 3.50. The summed E-state index contributed by atoms with van der Waals surface area (Å²) in [5.41, 5.74) is 0.427. The first-order chi connectivity index (χ1) is 9.13. The Labute approximate surface area is 112 Å². The molecule has 0 heterocycles. The number of hydrogen-bond acceptors (Lipinski definition) is 3. The van der Waals surface area contributed by atoms with Gasteiger partial charge in [-0.05, 0) is 37.0 Å². The molecule has 0 N–H and O–H groups in total. The van der Waals surface area contributed by atoms with E-state index in [-0.39, 0.29) is 17.5 Å². The first kappa shape index (κ1) is 14.0. The van der Waals surface area contributed by atoms with E-state index in [0.29, 0.717) is 24.7 Å². The molecular weight excluding hydrogens is 247 g/mol. The lowest BCUT2D eigenvalue weighted by Crippen LogP contribution is -2.13. The van der Waals surface area contributed by atoms with E-state index >= 15 is 0 Å². The molecule has 1 atom stereocenters. The van der Waals surface area contributed by atoms with Crippen molar-refractivity contribution in [2.24, 2.45) is 11.8 Å². The number of benzene rings is 1. The zero-order valence-electron chi connectivity index (χ0n) is 11.3. The van der Waals surface area contributed by atoms with E-state index in [0.717, 1.165) is 12.8 Å². The van der Waals surface area contributed by atoms with Gasteiger partial charge in [-0.15, -0.1) is 0 Å². The van der Waals surface area contributed by atoms with Gasteiger partial charge in [0.25, 0.3) is 0 Å². The van der Waals surface area contributed by atoms with Gasteiger partial charge in [-0.3, -0.25) is 4.79 Å². The molecule has 4 heteroatoms. The molecule has 1 aliphatic rings. The normalized spacial score (nSPS) is 16.2. The van der Waals surface area contributed by atoms with Crippen molar-refractivity contribution < 1.29 is 18.7 Å². The fraction of sp³-hybridized carbons (Fsp3) is 0.533. The molecule has 1 aliphatic carbocycles. The van der Waals surface area contributed by atoms with Gasteiger partial charge in [-0.1, -0.05) is 6.92 Å². The number of Topliss-reactive ketones (excluding diaryl/α,β-unsaturated/α-hetero) is 1. The summed E-state index contributed by atoms with van der Waals surface area (Å²) in [6, 6.07) is 4.41. The predicted octanol–water partition coefficient (Wildman–Crippen LogP) is 3.08. The van der Waals surface area contributed by atoms with Crippen molar-refractivity contribution in [3.63, 3.8) is 0 Å². The van der Waals surface area contributed by atoms with Gasteiger partial charge in [0.05, 0.1) is 6.61 Å². The minimum Gasteiger partial charge on any atom is -0.488 e. The number of ether oxygens (including phenoxy) is 2. The second-order valence-corrected chi connectivity index (χ2v) is 4.98. The highest BCUT2D eigenvalue weighted by Gasteiger charge is 2.33. The van der Waals surface area contributed by atoms with Crippen LogP contribution in [-0.2, 0) is 4.74 Å². The summed E-state index contributed by atoms with van der Waals surface area (Å²) in [5, 5.41) is 0. The molecule has 19 heavy (non-hydrogen) atoms. The van der Waals surface area contributed by atoms with Crippen LogP contribution in [0.2, 0.25) is 0 Å². The molecule has 1 unspecified atom stereocenters. The Morgan fingerprint density at radius 1 is 1.42 bits per heavy atom. The summed E-state index contributed by atoms with van der Waals surface area (Å²) in [4.78, 5) is 12.1. The molecule has 0 aliphatic heterocycles. The van der Waals surface area contributed by atoms with Crippen molar-refractivity contribution in [3.8, 4) is 5.75 Å². The van der Waals surface area contributed by atoms with Crippen LogP contribution in [0.15, 0.2) is 18.2 Å². The first-order valence-electron chi connectivity index (χ1n) is 6.59. The Hall–Kier alpha value is -1.42. The van der Waals surface area contributed by atoms with E-state index < -0.39 is 5.82 Å². The SMILES string of the molecule is COCCOc1ccc(C(=O)C(C)C2CC2)cc1F. The Kier molecular flexibility index (Phi) is 4.53. The molecule has 104 valence electrons. The van der Waals surface area contributed by atoms with E-state index in [1.807, 2.05) is 6.92 Å². The van der Waals surface area contributed by atoms with Crippen molar-refractivity contribution in [1.82, 2.24) is 0 Å². The lowest BCUT2D eigenvalue weighted by Gasteiger charge is -2.11. The zero-order valence-corrected chi connectivity index (χ0v) is 11.3. The highest BCUT2D eigenvalue weighted by Crippen LogP contribution is 2.38. The standard InChI is InChI=1S/C15H19FO3/c1-10(11-3-4-11)15(17)12-5-6-14(13(16)9-12)19-8-7-18-2/h5-6,9-11H,3-4,7-8H2,1-2H3. The molecule has 0 aromatic heterocycles. The van der Waals surface area contributed by atoms with Crippen LogP contribution in [-0.4, -0.2) is 26.1 Å². The number of ketones is 1. The van der Waals surface area contributed by atoms with Gasteiger partial charge in [0.2, 0.25) is 0 Å². The largest absolute Gasteiger partial charge is 0.488 e. The molecule has 1 fully saturated rings. The topological polar surface area (TPSA) is 35.5 Å². The molecule has 0 bridgehead atoms. The summed E-state index contributed by atoms with van der Waals surface area (Å²) in [5.74, 6) is 0.148. The van der Waals surface area contributed by atoms with Crippen LogP contribution in [0.3, 0.4) is 0 Å². The highest BCUT2D eigenvalue weighted by atomic mass is 19.1. The molecule has 1 aromatic carbocycles. The van der Waals surface area contributed by atoms with Crippen LogP contribution in [0.4, 0.5) is 4.39 Å². The van der Waals surface area contributed by atoms with Gasteiger partial charge in [-0.2, -0.15) is 0 Å². The second-order valence-electron chi connectivity index (χ2n) is 4.98. The second kappa shape index (κ2) is 6.15. The van der Waals surface area contributed by atoms with Crippen LogP contribution in [0.5, 0.6) is 5.75 Å². The number of rotatable bonds is 7. The Morgan fingerprint density at radius 3 is 2.74 bits per heavy atom.